The van der Waals surface area contributed by atoms with Gasteiger partial charge in [-0.3, -0.25) is 0 Å². The molecule has 0 heterocycles. The van der Waals surface area contributed by atoms with Crippen LogP contribution in [0.25, 0.3) is 0 Å². The SMILES string of the molecule is CC(C)(C)NCCCc1c(Cl)cccc1Cl. The summed E-state index contributed by atoms with van der Waals surface area (Å²) in [7, 11) is 0. The Morgan fingerprint density at radius 1 is 1.12 bits per heavy atom. The molecule has 1 aromatic carbocycles. The van der Waals surface area contributed by atoms with Crippen LogP contribution in [0.5, 0.6) is 0 Å². The van der Waals surface area contributed by atoms with Crippen LogP contribution in [-0.2, 0) is 6.42 Å². The van der Waals surface area contributed by atoms with Crippen molar-refractivity contribution >= 4 is 23.2 Å². The minimum atomic E-state index is 0.171. The Balaban J connectivity index is 2.43. The predicted molar refractivity (Wildman–Crippen MR) is 72.5 cm³/mol. The molecule has 0 unspecified atom stereocenters. The summed E-state index contributed by atoms with van der Waals surface area (Å²) in [5.74, 6) is 0. The van der Waals surface area contributed by atoms with Crippen molar-refractivity contribution in [3.05, 3.63) is 33.8 Å². The van der Waals surface area contributed by atoms with E-state index >= 15 is 0 Å². The van der Waals surface area contributed by atoms with Crippen molar-refractivity contribution in [2.75, 3.05) is 6.54 Å². The summed E-state index contributed by atoms with van der Waals surface area (Å²) in [6.07, 6.45) is 1.96. The van der Waals surface area contributed by atoms with Crippen LogP contribution in [-0.4, -0.2) is 12.1 Å². The molecule has 90 valence electrons. The minimum absolute atomic E-state index is 0.171. The van der Waals surface area contributed by atoms with Gasteiger partial charge in [-0.05, 0) is 57.9 Å². The van der Waals surface area contributed by atoms with Crippen molar-refractivity contribution < 1.29 is 0 Å². The zero-order chi connectivity index (χ0) is 12.2. The Morgan fingerprint density at radius 2 is 1.69 bits per heavy atom. The lowest BCUT2D eigenvalue weighted by molar-refractivity contribution is 0.422. The Morgan fingerprint density at radius 3 is 2.19 bits per heavy atom. The molecule has 1 N–H and O–H groups in total. The average Bonchev–Trinajstić information content (AvgIpc) is 2.14. The van der Waals surface area contributed by atoms with E-state index < -0.39 is 0 Å². The highest BCUT2D eigenvalue weighted by Crippen LogP contribution is 2.25. The molecule has 0 saturated carbocycles. The second-order valence-electron chi connectivity index (χ2n) is 4.98. The van der Waals surface area contributed by atoms with Crippen LogP contribution in [0.1, 0.15) is 32.8 Å². The monoisotopic (exact) mass is 259 g/mol. The van der Waals surface area contributed by atoms with Crippen molar-refractivity contribution in [1.82, 2.24) is 5.32 Å². The zero-order valence-corrected chi connectivity index (χ0v) is 11.6. The van der Waals surface area contributed by atoms with E-state index in [1.54, 1.807) is 0 Å². The average molecular weight is 260 g/mol. The molecule has 0 spiro atoms. The molecule has 0 aliphatic rings. The first-order valence-corrected chi connectivity index (χ1v) is 6.34. The van der Waals surface area contributed by atoms with E-state index in [1.165, 1.54) is 0 Å². The van der Waals surface area contributed by atoms with E-state index in [-0.39, 0.29) is 5.54 Å². The van der Waals surface area contributed by atoms with Gasteiger partial charge in [0.25, 0.3) is 0 Å². The molecule has 3 heteroatoms. The molecule has 16 heavy (non-hydrogen) atoms. The molecule has 0 atom stereocenters. The number of nitrogens with one attached hydrogen (secondary N) is 1. The van der Waals surface area contributed by atoms with Gasteiger partial charge in [0.1, 0.15) is 0 Å². The number of halogens is 2. The molecule has 0 bridgehead atoms. The van der Waals surface area contributed by atoms with Gasteiger partial charge >= 0.3 is 0 Å². The molecule has 0 saturated heterocycles. The van der Waals surface area contributed by atoms with Crippen LogP contribution in [0, 0.1) is 0 Å². The van der Waals surface area contributed by atoms with Gasteiger partial charge in [-0.1, -0.05) is 29.3 Å². The van der Waals surface area contributed by atoms with E-state index in [1.807, 2.05) is 18.2 Å². The zero-order valence-electron chi connectivity index (χ0n) is 10.1. The maximum Gasteiger partial charge on any atom is 0.0452 e. The van der Waals surface area contributed by atoms with Gasteiger partial charge in [-0.15, -0.1) is 0 Å². The first-order valence-electron chi connectivity index (χ1n) is 5.58. The topological polar surface area (TPSA) is 12.0 Å². The molecular weight excluding hydrogens is 241 g/mol. The van der Waals surface area contributed by atoms with Gasteiger partial charge in [0.2, 0.25) is 0 Å². The Bertz CT molecular complexity index is 322. The van der Waals surface area contributed by atoms with Crippen LogP contribution in [0.15, 0.2) is 18.2 Å². The van der Waals surface area contributed by atoms with Crippen LogP contribution in [0.4, 0.5) is 0 Å². The van der Waals surface area contributed by atoms with Crippen molar-refractivity contribution in [2.45, 2.75) is 39.2 Å². The summed E-state index contributed by atoms with van der Waals surface area (Å²) in [4.78, 5) is 0. The highest BCUT2D eigenvalue weighted by molar-refractivity contribution is 6.35. The summed E-state index contributed by atoms with van der Waals surface area (Å²) >= 11 is 12.2. The predicted octanol–water partition coefficient (Wildman–Crippen LogP) is 4.31. The third kappa shape index (κ3) is 4.73. The lowest BCUT2D eigenvalue weighted by atomic mass is 10.1. The summed E-state index contributed by atoms with van der Waals surface area (Å²) in [5, 5.41) is 4.98. The first kappa shape index (κ1) is 13.8. The first-order chi connectivity index (χ1) is 7.40. The maximum absolute atomic E-state index is 6.09. The second-order valence-corrected chi connectivity index (χ2v) is 5.79. The van der Waals surface area contributed by atoms with Crippen LogP contribution in [0.3, 0.4) is 0 Å². The van der Waals surface area contributed by atoms with Crippen molar-refractivity contribution in [1.29, 1.82) is 0 Å². The summed E-state index contributed by atoms with van der Waals surface area (Å²) < 4.78 is 0. The number of hydrogen-bond acceptors (Lipinski definition) is 1. The van der Waals surface area contributed by atoms with E-state index in [9.17, 15) is 0 Å². The molecule has 0 aliphatic carbocycles. The fraction of sp³-hybridized carbons (Fsp3) is 0.538. The van der Waals surface area contributed by atoms with Gasteiger partial charge in [0, 0.05) is 15.6 Å². The van der Waals surface area contributed by atoms with Gasteiger partial charge in [0.05, 0.1) is 0 Å². The van der Waals surface area contributed by atoms with E-state index in [2.05, 4.69) is 26.1 Å². The van der Waals surface area contributed by atoms with E-state index in [4.69, 9.17) is 23.2 Å². The molecule has 1 rings (SSSR count). The fourth-order valence-electron chi connectivity index (χ4n) is 1.50. The Hall–Kier alpha value is -0.240. The summed E-state index contributed by atoms with van der Waals surface area (Å²) in [6, 6.07) is 5.65. The third-order valence-electron chi connectivity index (χ3n) is 2.32. The molecule has 0 aromatic heterocycles. The molecular formula is C13H19Cl2N. The smallest absolute Gasteiger partial charge is 0.0452 e. The minimum Gasteiger partial charge on any atom is -0.312 e. The highest BCUT2D eigenvalue weighted by Gasteiger charge is 2.09. The number of rotatable bonds is 4. The highest BCUT2D eigenvalue weighted by atomic mass is 35.5. The quantitative estimate of drug-likeness (QED) is 0.795. The van der Waals surface area contributed by atoms with Crippen LogP contribution < -0.4 is 5.32 Å². The maximum atomic E-state index is 6.09. The lowest BCUT2D eigenvalue weighted by Crippen LogP contribution is -2.36. The molecule has 0 radical (unpaired) electrons. The van der Waals surface area contributed by atoms with Crippen molar-refractivity contribution in [3.63, 3.8) is 0 Å². The molecule has 1 nitrogen and oxygen atoms in total. The van der Waals surface area contributed by atoms with Crippen LogP contribution in [0.2, 0.25) is 10.0 Å². The van der Waals surface area contributed by atoms with Gasteiger partial charge in [-0.25, -0.2) is 0 Å². The normalized spacial score (nSPS) is 11.8. The van der Waals surface area contributed by atoms with E-state index in [0.29, 0.717) is 0 Å². The second kappa shape index (κ2) is 5.90. The number of benzene rings is 1. The van der Waals surface area contributed by atoms with Gasteiger partial charge in [0.15, 0.2) is 0 Å². The lowest BCUT2D eigenvalue weighted by Gasteiger charge is -2.20. The van der Waals surface area contributed by atoms with E-state index in [0.717, 1.165) is 35.0 Å². The van der Waals surface area contributed by atoms with Gasteiger partial charge < -0.3 is 5.32 Å². The molecule has 1 aromatic rings. The van der Waals surface area contributed by atoms with Gasteiger partial charge in [-0.2, -0.15) is 0 Å². The van der Waals surface area contributed by atoms with Crippen molar-refractivity contribution in [2.24, 2.45) is 0 Å². The number of hydrogen-bond donors (Lipinski definition) is 1. The third-order valence-corrected chi connectivity index (χ3v) is 3.03. The fourth-order valence-corrected chi connectivity index (χ4v) is 2.09. The molecule has 0 fully saturated rings. The molecule has 0 amide bonds. The summed E-state index contributed by atoms with van der Waals surface area (Å²) in [5.41, 5.74) is 1.23. The largest absolute Gasteiger partial charge is 0.312 e. The standard InChI is InChI=1S/C13H19Cl2N/c1-13(2,3)16-9-5-6-10-11(14)7-4-8-12(10)15/h4,7-8,16H,5-6,9H2,1-3H3. The molecule has 0 aliphatic heterocycles. The van der Waals surface area contributed by atoms with Crippen molar-refractivity contribution in [3.8, 4) is 0 Å². The Kier molecular flexibility index (Phi) is 5.10. The van der Waals surface area contributed by atoms with Crippen LogP contribution >= 0.6 is 23.2 Å². The Labute approximate surface area is 108 Å². The summed E-state index contributed by atoms with van der Waals surface area (Å²) in [6.45, 7) is 7.46.